The lowest BCUT2D eigenvalue weighted by Crippen LogP contribution is -2.17. The third-order valence-electron chi connectivity index (χ3n) is 3.50. The van der Waals surface area contributed by atoms with Gasteiger partial charge in [-0.15, -0.1) is 0 Å². The number of unbranched alkanes of at least 4 members (excludes halogenated alkanes) is 1. The molecule has 0 aliphatic heterocycles. The molecule has 2 aromatic rings. The van der Waals surface area contributed by atoms with Crippen molar-refractivity contribution in [1.82, 2.24) is 14.9 Å². The topological polar surface area (TPSA) is 29.9 Å². The van der Waals surface area contributed by atoms with Gasteiger partial charge in [0.15, 0.2) is 11.6 Å². The fourth-order valence-electron chi connectivity index (χ4n) is 2.23. The van der Waals surface area contributed by atoms with E-state index in [4.69, 9.17) is 0 Å². The van der Waals surface area contributed by atoms with E-state index in [2.05, 4.69) is 10.3 Å². The van der Waals surface area contributed by atoms with Gasteiger partial charge in [-0.3, -0.25) is 0 Å². The Bertz CT molecular complexity index is 575. The molecule has 1 N–H and O–H groups in total. The van der Waals surface area contributed by atoms with Crippen molar-refractivity contribution in [3.8, 4) is 0 Å². The second-order valence-electron chi connectivity index (χ2n) is 5.13. The molecule has 0 atom stereocenters. The highest BCUT2D eigenvalue weighted by Gasteiger charge is 2.19. The lowest BCUT2D eigenvalue weighted by Gasteiger charge is -2.05. The zero-order valence-corrected chi connectivity index (χ0v) is 10.7. The fraction of sp³-hybridized carbons (Fsp3) is 0.500. The molecule has 5 heteroatoms. The smallest absolute Gasteiger partial charge is 0.161 e. The van der Waals surface area contributed by atoms with Crippen molar-refractivity contribution in [2.45, 2.75) is 38.3 Å². The van der Waals surface area contributed by atoms with Gasteiger partial charge in [0.25, 0.3) is 0 Å². The molecule has 19 heavy (non-hydrogen) atoms. The van der Waals surface area contributed by atoms with Crippen LogP contribution < -0.4 is 5.32 Å². The molecule has 0 saturated heterocycles. The maximum absolute atomic E-state index is 13.2. The molecule has 1 aromatic carbocycles. The highest BCUT2D eigenvalue weighted by Crippen LogP contribution is 2.19. The minimum atomic E-state index is -0.841. The van der Waals surface area contributed by atoms with Gasteiger partial charge in [-0.1, -0.05) is 0 Å². The summed E-state index contributed by atoms with van der Waals surface area (Å²) in [6.45, 7) is 1.81. The van der Waals surface area contributed by atoms with Gasteiger partial charge >= 0.3 is 0 Å². The molecule has 1 aliphatic rings. The van der Waals surface area contributed by atoms with Gasteiger partial charge in [0, 0.05) is 24.7 Å². The van der Waals surface area contributed by atoms with E-state index < -0.39 is 11.6 Å². The number of rotatable bonds is 6. The van der Waals surface area contributed by atoms with E-state index >= 15 is 0 Å². The highest BCUT2D eigenvalue weighted by molar-refractivity contribution is 5.75. The molecule has 102 valence electrons. The molecular weight excluding hydrogens is 248 g/mol. The fourth-order valence-corrected chi connectivity index (χ4v) is 2.23. The molecule has 0 unspecified atom stereocenters. The van der Waals surface area contributed by atoms with E-state index in [1.807, 2.05) is 4.57 Å². The molecule has 0 amide bonds. The number of hydrogen-bond donors (Lipinski definition) is 1. The number of benzene rings is 1. The van der Waals surface area contributed by atoms with Gasteiger partial charge in [0.05, 0.1) is 17.4 Å². The summed E-state index contributed by atoms with van der Waals surface area (Å²) in [7, 11) is 0. The summed E-state index contributed by atoms with van der Waals surface area (Å²) in [6.07, 6.45) is 6.34. The predicted octanol–water partition coefficient (Wildman–Crippen LogP) is 2.85. The summed E-state index contributed by atoms with van der Waals surface area (Å²) in [4.78, 5) is 4.10. The second-order valence-corrected chi connectivity index (χ2v) is 5.13. The molecule has 3 rings (SSSR count). The monoisotopic (exact) mass is 265 g/mol. The van der Waals surface area contributed by atoms with E-state index in [1.54, 1.807) is 6.33 Å². The van der Waals surface area contributed by atoms with Crippen molar-refractivity contribution in [3.05, 3.63) is 30.1 Å². The van der Waals surface area contributed by atoms with Crippen LogP contribution in [0.5, 0.6) is 0 Å². The van der Waals surface area contributed by atoms with Crippen LogP contribution in [0.25, 0.3) is 11.0 Å². The summed E-state index contributed by atoms with van der Waals surface area (Å²) < 4.78 is 28.2. The van der Waals surface area contributed by atoms with E-state index in [-0.39, 0.29) is 0 Å². The third kappa shape index (κ3) is 2.92. The Hall–Kier alpha value is -1.49. The van der Waals surface area contributed by atoms with Crippen LogP contribution in [0.15, 0.2) is 18.5 Å². The first kappa shape index (κ1) is 12.5. The van der Waals surface area contributed by atoms with Crippen molar-refractivity contribution in [2.75, 3.05) is 6.54 Å². The van der Waals surface area contributed by atoms with Crippen molar-refractivity contribution in [2.24, 2.45) is 0 Å². The maximum Gasteiger partial charge on any atom is 0.161 e. The summed E-state index contributed by atoms with van der Waals surface area (Å²) >= 11 is 0. The number of nitrogens with zero attached hydrogens (tertiary/aromatic N) is 2. The first-order valence-electron chi connectivity index (χ1n) is 6.77. The Morgan fingerprint density at radius 3 is 2.79 bits per heavy atom. The molecule has 1 heterocycles. The standard InChI is InChI=1S/C14H17F2N3/c15-11-7-13-14(8-12(11)16)19(9-18-13)6-2-1-5-17-10-3-4-10/h7-10,17H,1-6H2. The van der Waals surface area contributed by atoms with Crippen molar-refractivity contribution in [1.29, 1.82) is 0 Å². The Morgan fingerprint density at radius 2 is 2.00 bits per heavy atom. The summed E-state index contributed by atoms with van der Waals surface area (Å²) in [5.41, 5.74) is 1.17. The average molecular weight is 265 g/mol. The minimum absolute atomic E-state index is 0.509. The van der Waals surface area contributed by atoms with E-state index in [9.17, 15) is 8.78 Å². The van der Waals surface area contributed by atoms with Gasteiger partial charge in [-0.2, -0.15) is 0 Å². The lowest BCUT2D eigenvalue weighted by atomic mass is 10.2. The second kappa shape index (κ2) is 5.25. The molecule has 0 bridgehead atoms. The third-order valence-corrected chi connectivity index (χ3v) is 3.50. The zero-order valence-electron chi connectivity index (χ0n) is 10.7. The van der Waals surface area contributed by atoms with Crippen LogP contribution in [0.3, 0.4) is 0 Å². The molecule has 0 spiro atoms. The Kier molecular flexibility index (Phi) is 3.46. The first-order chi connectivity index (χ1) is 9.24. The van der Waals surface area contributed by atoms with E-state index in [0.717, 1.165) is 38.0 Å². The lowest BCUT2D eigenvalue weighted by molar-refractivity contribution is 0.509. The SMILES string of the molecule is Fc1cc2ncn(CCCCNC3CC3)c2cc1F. The quantitative estimate of drug-likeness (QED) is 0.814. The van der Waals surface area contributed by atoms with Gasteiger partial charge in [0.1, 0.15) is 0 Å². The first-order valence-corrected chi connectivity index (χ1v) is 6.77. The number of hydrogen-bond acceptors (Lipinski definition) is 2. The Morgan fingerprint density at radius 1 is 1.21 bits per heavy atom. The van der Waals surface area contributed by atoms with Gasteiger partial charge in [-0.25, -0.2) is 13.8 Å². The summed E-state index contributed by atoms with van der Waals surface area (Å²) in [6, 6.07) is 3.11. The highest BCUT2D eigenvalue weighted by atomic mass is 19.2. The number of halogens is 2. The van der Waals surface area contributed by atoms with Crippen LogP contribution in [-0.4, -0.2) is 22.1 Å². The average Bonchev–Trinajstić information content (AvgIpc) is 3.14. The molecule has 1 fully saturated rings. The number of imidazole rings is 1. The Balaban J connectivity index is 1.59. The van der Waals surface area contributed by atoms with Crippen molar-refractivity contribution in [3.63, 3.8) is 0 Å². The maximum atomic E-state index is 13.2. The normalized spacial score (nSPS) is 15.3. The van der Waals surface area contributed by atoms with Crippen LogP contribution in [0, 0.1) is 11.6 Å². The molecule has 0 radical (unpaired) electrons. The predicted molar refractivity (Wildman–Crippen MR) is 69.9 cm³/mol. The zero-order chi connectivity index (χ0) is 13.2. The number of aromatic nitrogens is 2. The van der Waals surface area contributed by atoms with Crippen molar-refractivity contribution >= 4 is 11.0 Å². The number of aryl methyl sites for hydroxylation is 1. The Labute approximate surface area is 110 Å². The van der Waals surface area contributed by atoms with Crippen LogP contribution >= 0.6 is 0 Å². The molecule has 1 aliphatic carbocycles. The summed E-state index contributed by atoms with van der Waals surface area (Å²) in [5, 5.41) is 3.46. The minimum Gasteiger partial charge on any atom is -0.331 e. The molecule has 3 nitrogen and oxygen atoms in total. The summed E-state index contributed by atoms with van der Waals surface area (Å²) in [5.74, 6) is -1.66. The van der Waals surface area contributed by atoms with Crippen LogP contribution in [-0.2, 0) is 6.54 Å². The molecular formula is C14H17F2N3. The largest absolute Gasteiger partial charge is 0.331 e. The van der Waals surface area contributed by atoms with Crippen molar-refractivity contribution < 1.29 is 8.78 Å². The van der Waals surface area contributed by atoms with Gasteiger partial charge in [0.2, 0.25) is 0 Å². The molecule has 1 saturated carbocycles. The molecule has 1 aromatic heterocycles. The van der Waals surface area contributed by atoms with Gasteiger partial charge < -0.3 is 9.88 Å². The van der Waals surface area contributed by atoms with E-state index in [0.29, 0.717) is 11.0 Å². The van der Waals surface area contributed by atoms with Crippen LogP contribution in [0.4, 0.5) is 8.78 Å². The van der Waals surface area contributed by atoms with Gasteiger partial charge in [-0.05, 0) is 32.2 Å². The van der Waals surface area contributed by atoms with Crippen LogP contribution in [0.1, 0.15) is 25.7 Å². The van der Waals surface area contributed by atoms with Crippen LogP contribution in [0.2, 0.25) is 0 Å². The number of fused-ring (bicyclic) bond motifs is 1. The number of nitrogens with one attached hydrogen (secondary N) is 1. The van der Waals surface area contributed by atoms with E-state index in [1.165, 1.54) is 18.9 Å².